The van der Waals surface area contributed by atoms with Gasteiger partial charge in [-0.2, -0.15) is 0 Å². The third kappa shape index (κ3) is 5.61. The number of benzene rings is 1. The number of hydrogen-bond acceptors (Lipinski definition) is 6. The quantitative estimate of drug-likeness (QED) is 0.302. The van der Waals surface area contributed by atoms with Gasteiger partial charge in [-0.1, -0.05) is 60.1 Å². The van der Waals surface area contributed by atoms with Crippen LogP contribution in [0.2, 0.25) is 0 Å². The topological polar surface area (TPSA) is 65.5 Å². The Labute approximate surface area is 221 Å². The molecule has 7 heteroatoms. The summed E-state index contributed by atoms with van der Waals surface area (Å²) in [6.07, 6.45) is 6.75. The molecule has 35 heavy (non-hydrogen) atoms. The van der Waals surface area contributed by atoms with E-state index in [0.717, 1.165) is 71.0 Å². The normalized spacial score (nSPS) is 18.9. The summed E-state index contributed by atoms with van der Waals surface area (Å²) in [5.41, 5.74) is 4.98. The molecule has 1 unspecified atom stereocenters. The number of carbonyl (C=O) groups excluding carboxylic acids is 1. The first-order chi connectivity index (χ1) is 16.7. The molecule has 0 saturated heterocycles. The second kappa shape index (κ2) is 10.8. The Kier molecular flexibility index (Phi) is 7.96. The first-order valence-corrected chi connectivity index (χ1v) is 13.9. The van der Waals surface area contributed by atoms with Crippen molar-refractivity contribution in [3.8, 4) is 5.88 Å². The standard InChI is InChI=1S/C28H34BrN3O2S/c1-5-28(14-8-6-7-9-19(3)33)17-32(24-12-11-22(29)16-23(24)28)20(4)30-26-18(2)15-21-10-13-25(34)31-27(21)35-26/h10-13,16,30H,4-9,14-15,17H2,1-3H3,(H,31,34). The minimum absolute atomic E-state index is 0.0447. The SMILES string of the molecule is C=C(NC1=C(C)Cc2ccc(O)nc2S1)N1CC(CC)(CCCCCC(C)=O)c2cc(Br)ccc21. The van der Waals surface area contributed by atoms with E-state index in [4.69, 9.17) is 0 Å². The number of halogens is 1. The first-order valence-electron chi connectivity index (χ1n) is 12.3. The maximum absolute atomic E-state index is 11.3. The molecule has 0 amide bonds. The van der Waals surface area contributed by atoms with E-state index in [1.54, 1.807) is 24.8 Å². The van der Waals surface area contributed by atoms with Gasteiger partial charge >= 0.3 is 0 Å². The highest BCUT2D eigenvalue weighted by Crippen LogP contribution is 2.48. The fourth-order valence-corrected chi connectivity index (χ4v) is 6.53. The number of fused-ring (bicyclic) bond motifs is 2. The first kappa shape index (κ1) is 25.8. The largest absolute Gasteiger partial charge is 0.493 e. The number of thioether (sulfide) groups is 1. The van der Waals surface area contributed by atoms with Crippen molar-refractivity contribution in [1.29, 1.82) is 0 Å². The molecule has 0 bridgehead atoms. The zero-order valence-electron chi connectivity index (χ0n) is 20.8. The summed E-state index contributed by atoms with van der Waals surface area (Å²) in [4.78, 5) is 18.0. The van der Waals surface area contributed by atoms with Gasteiger partial charge in [0.1, 0.15) is 16.6 Å². The molecule has 0 aliphatic carbocycles. The number of unbranched alkanes of at least 4 members (excludes halogenated alkanes) is 2. The van der Waals surface area contributed by atoms with Crippen LogP contribution in [0.5, 0.6) is 5.88 Å². The third-order valence-corrected chi connectivity index (χ3v) is 8.89. The van der Waals surface area contributed by atoms with Crippen LogP contribution in [-0.2, 0) is 16.6 Å². The number of ketones is 1. The predicted molar refractivity (Wildman–Crippen MR) is 148 cm³/mol. The summed E-state index contributed by atoms with van der Waals surface area (Å²) >= 11 is 5.24. The summed E-state index contributed by atoms with van der Waals surface area (Å²) in [5.74, 6) is 1.17. The molecule has 1 aromatic heterocycles. The van der Waals surface area contributed by atoms with Gasteiger partial charge in [-0.15, -0.1) is 0 Å². The van der Waals surface area contributed by atoms with Crippen LogP contribution >= 0.6 is 27.7 Å². The molecule has 0 radical (unpaired) electrons. The van der Waals surface area contributed by atoms with Crippen molar-refractivity contribution in [1.82, 2.24) is 10.3 Å². The number of allylic oxidation sites excluding steroid dienone is 1. The Balaban J connectivity index is 1.53. The van der Waals surface area contributed by atoms with E-state index < -0.39 is 0 Å². The molecule has 1 aromatic carbocycles. The van der Waals surface area contributed by atoms with Gasteiger partial charge in [0.25, 0.3) is 0 Å². The van der Waals surface area contributed by atoms with E-state index in [-0.39, 0.29) is 17.1 Å². The van der Waals surface area contributed by atoms with Crippen LogP contribution in [0.15, 0.2) is 62.8 Å². The van der Waals surface area contributed by atoms with Crippen LogP contribution in [-0.4, -0.2) is 22.4 Å². The predicted octanol–water partition coefficient (Wildman–Crippen LogP) is 7.20. The molecule has 2 aliphatic heterocycles. The second-order valence-electron chi connectivity index (χ2n) is 9.74. The number of aromatic hydroxyl groups is 1. The highest BCUT2D eigenvalue weighted by molar-refractivity contribution is 9.10. The number of carbonyl (C=O) groups is 1. The maximum atomic E-state index is 11.3. The molecule has 1 atom stereocenters. The summed E-state index contributed by atoms with van der Waals surface area (Å²) < 4.78 is 1.09. The third-order valence-electron chi connectivity index (χ3n) is 7.19. The number of hydrogen-bond donors (Lipinski definition) is 2. The Hall–Kier alpha value is -2.25. The Bertz CT molecular complexity index is 1180. The minimum atomic E-state index is 0.0447. The highest BCUT2D eigenvalue weighted by Gasteiger charge is 2.42. The van der Waals surface area contributed by atoms with Gasteiger partial charge in [-0.25, -0.2) is 4.98 Å². The molecule has 0 fully saturated rings. The van der Waals surface area contributed by atoms with Gasteiger partial charge < -0.3 is 20.1 Å². The van der Waals surface area contributed by atoms with Gasteiger partial charge in [0, 0.05) is 34.6 Å². The molecular weight excluding hydrogens is 522 g/mol. The number of Topliss-reactive ketones (excluding diaryl/α,β-unsaturated/α-hetero) is 1. The highest BCUT2D eigenvalue weighted by atomic mass is 79.9. The van der Waals surface area contributed by atoms with Crippen molar-refractivity contribution in [2.75, 3.05) is 11.4 Å². The van der Waals surface area contributed by atoms with Crippen LogP contribution in [0.1, 0.15) is 70.4 Å². The van der Waals surface area contributed by atoms with Gasteiger partial charge in [0.15, 0.2) is 0 Å². The fourth-order valence-electron chi connectivity index (χ4n) is 5.15. The maximum Gasteiger partial charge on any atom is 0.211 e. The lowest BCUT2D eigenvalue weighted by atomic mass is 9.75. The van der Waals surface area contributed by atoms with Crippen molar-refractivity contribution >= 4 is 39.2 Å². The molecule has 0 spiro atoms. The van der Waals surface area contributed by atoms with E-state index >= 15 is 0 Å². The van der Waals surface area contributed by atoms with Crippen LogP contribution < -0.4 is 10.2 Å². The fraction of sp³-hybridized carbons (Fsp3) is 0.429. The number of rotatable bonds is 10. The van der Waals surface area contributed by atoms with E-state index in [1.807, 2.05) is 6.07 Å². The molecule has 186 valence electrons. The Morgan fingerprint density at radius 3 is 2.83 bits per heavy atom. The molecule has 2 aliphatic rings. The summed E-state index contributed by atoms with van der Waals surface area (Å²) in [6, 6.07) is 10.1. The number of anilines is 1. The van der Waals surface area contributed by atoms with Crippen molar-refractivity contribution in [3.05, 3.63) is 68.9 Å². The molecule has 2 N–H and O–H groups in total. The van der Waals surface area contributed by atoms with E-state index in [2.05, 4.69) is 69.8 Å². The van der Waals surface area contributed by atoms with Crippen LogP contribution in [0.4, 0.5) is 5.69 Å². The summed E-state index contributed by atoms with van der Waals surface area (Å²) in [5, 5.41) is 15.3. The van der Waals surface area contributed by atoms with E-state index in [9.17, 15) is 9.90 Å². The average molecular weight is 557 g/mol. The second-order valence-corrected chi connectivity index (χ2v) is 11.7. The van der Waals surface area contributed by atoms with Crippen LogP contribution in [0, 0.1) is 0 Å². The van der Waals surface area contributed by atoms with Gasteiger partial charge in [-0.05, 0) is 74.4 Å². The van der Waals surface area contributed by atoms with Gasteiger partial charge in [0.05, 0.1) is 5.03 Å². The molecule has 0 saturated carbocycles. The van der Waals surface area contributed by atoms with Crippen LogP contribution in [0.3, 0.4) is 0 Å². The molecule has 2 aromatic rings. The van der Waals surface area contributed by atoms with E-state index in [1.165, 1.54) is 16.8 Å². The van der Waals surface area contributed by atoms with Crippen molar-refractivity contribution in [2.45, 2.75) is 76.2 Å². The summed E-state index contributed by atoms with van der Waals surface area (Å²) in [7, 11) is 0. The number of pyridine rings is 1. The van der Waals surface area contributed by atoms with Gasteiger partial charge in [-0.3, -0.25) is 0 Å². The Morgan fingerprint density at radius 2 is 2.09 bits per heavy atom. The molecule has 5 nitrogen and oxygen atoms in total. The smallest absolute Gasteiger partial charge is 0.211 e. The molecule has 3 heterocycles. The number of aromatic nitrogens is 1. The van der Waals surface area contributed by atoms with E-state index in [0.29, 0.717) is 6.42 Å². The number of nitrogens with zero attached hydrogens (tertiary/aromatic N) is 2. The monoisotopic (exact) mass is 555 g/mol. The Morgan fingerprint density at radius 1 is 1.29 bits per heavy atom. The van der Waals surface area contributed by atoms with Crippen molar-refractivity contribution in [3.63, 3.8) is 0 Å². The van der Waals surface area contributed by atoms with Gasteiger partial charge in [0.2, 0.25) is 5.88 Å². The zero-order chi connectivity index (χ0) is 25.2. The zero-order valence-corrected chi connectivity index (χ0v) is 23.2. The molecular formula is C28H34BrN3O2S. The lowest BCUT2D eigenvalue weighted by molar-refractivity contribution is -0.117. The summed E-state index contributed by atoms with van der Waals surface area (Å²) in [6.45, 7) is 11.4. The number of nitrogens with one attached hydrogen (secondary N) is 1. The van der Waals surface area contributed by atoms with Crippen molar-refractivity contribution < 1.29 is 9.90 Å². The lowest BCUT2D eigenvalue weighted by Crippen LogP contribution is -2.36. The molecule has 4 rings (SSSR count). The lowest BCUT2D eigenvalue weighted by Gasteiger charge is -2.31. The van der Waals surface area contributed by atoms with Crippen LogP contribution in [0.25, 0.3) is 0 Å². The minimum Gasteiger partial charge on any atom is -0.493 e. The average Bonchev–Trinajstić information content (AvgIpc) is 3.13. The van der Waals surface area contributed by atoms with Crippen molar-refractivity contribution in [2.24, 2.45) is 0 Å².